The lowest BCUT2D eigenvalue weighted by atomic mass is 9.83. The molecule has 0 aromatic heterocycles. The lowest BCUT2D eigenvalue weighted by Crippen LogP contribution is -2.60. The molecule has 3 aliphatic rings. The van der Waals surface area contributed by atoms with Crippen LogP contribution >= 0.6 is 0 Å². The van der Waals surface area contributed by atoms with E-state index >= 15 is 0 Å². The molecule has 4 unspecified atom stereocenters. The number of rotatable bonds is 4. The number of nitrogens with one attached hydrogen (secondary N) is 1. The Labute approximate surface area is 135 Å². The molecule has 128 valence electrons. The first-order valence-electron chi connectivity index (χ1n) is 8.48. The van der Waals surface area contributed by atoms with Crippen LogP contribution in [0.1, 0.15) is 38.5 Å². The Morgan fingerprint density at radius 2 is 2.17 bits per heavy atom. The third kappa shape index (κ3) is 3.49. The summed E-state index contributed by atoms with van der Waals surface area (Å²) in [7, 11) is 0. The van der Waals surface area contributed by atoms with Crippen LogP contribution < -0.4 is 5.32 Å². The normalized spacial score (nSPS) is 33.9. The van der Waals surface area contributed by atoms with Gasteiger partial charge in [0.25, 0.3) is 0 Å². The molecule has 3 saturated heterocycles. The number of carboxylic acids is 1. The highest BCUT2D eigenvalue weighted by atomic mass is 16.5. The van der Waals surface area contributed by atoms with Gasteiger partial charge in [-0.25, -0.2) is 0 Å². The van der Waals surface area contributed by atoms with E-state index in [0.717, 1.165) is 19.3 Å². The van der Waals surface area contributed by atoms with Gasteiger partial charge in [-0.1, -0.05) is 0 Å². The van der Waals surface area contributed by atoms with Crippen LogP contribution in [-0.4, -0.2) is 59.6 Å². The average Bonchev–Trinajstić information content (AvgIpc) is 3.01. The van der Waals surface area contributed by atoms with Gasteiger partial charge in [-0.3, -0.25) is 14.4 Å². The quantitative estimate of drug-likeness (QED) is 0.779. The van der Waals surface area contributed by atoms with Gasteiger partial charge in [-0.15, -0.1) is 0 Å². The molecule has 4 atom stereocenters. The average molecular weight is 324 g/mol. The zero-order chi connectivity index (χ0) is 16.4. The van der Waals surface area contributed by atoms with E-state index in [9.17, 15) is 14.4 Å². The standard InChI is InChI=1S/C16H24N2O5/c19-13(20)4-3-12-8-11(9-23-12)16(22)18-7-1-2-10-5-6-17-15(21)14(10)18/h10-12,14H,1-9H2,(H,17,21)(H,19,20). The minimum absolute atomic E-state index is 0.00502. The largest absolute Gasteiger partial charge is 0.481 e. The molecule has 7 heteroatoms. The molecule has 3 heterocycles. The van der Waals surface area contributed by atoms with Gasteiger partial charge in [0.2, 0.25) is 11.8 Å². The highest BCUT2D eigenvalue weighted by molar-refractivity contribution is 5.89. The third-order valence-corrected chi connectivity index (χ3v) is 5.23. The summed E-state index contributed by atoms with van der Waals surface area (Å²) in [5.74, 6) is -0.861. The van der Waals surface area contributed by atoms with E-state index in [1.165, 1.54) is 0 Å². The van der Waals surface area contributed by atoms with Gasteiger partial charge in [0.15, 0.2) is 0 Å². The highest BCUT2D eigenvalue weighted by Gasteiger charge is 2.44. The second-order valence-corrected chi connectivity index (χ2v) is 6.78. The molecule has 0 radical (unpaired) electrons. The van der Waals surface area contributed by atoms with E-state index in [2.05, 4.69) is 5.32 Å². The van der Waals surface area contributed by atoms with Crippen molar-refractivity contribution in [3.05, 3.63) is 0 Å². The van der Waals surface area contributed by atoms with Gasteiger partial charge >= 0.3 is 5.97 Å². The first-order valence-corrected chi connectivity index (χ1v) is 8.48. The fourth-order valence-electron chi connectivity index (χ4n) is 4.06. The van der Waals surface area contributed by atoms with Crippen molar-refractivity contribution in [2.75, 3.05) is 19.7 Å². The number of carbonyl (C=O) groups excluding carboxylic acids is 2. The fraction of sp³-hybridized carbons (Fsp3) is 0.812. The molecule has 3 aliphatic heterocycles. The number of ether oxygens (including phenoxy) is 1. The Balaban J connectivity index is 1.61. The van der Waals surface area contributed by atoms with Crippen molar-refractivity contribution in [2.24, 2.45) is 11.8 Å². The summed E-state index contributed by atoms with van der Waals surface area (Å²) in [6, 6.07) is -0.330. The highest BCUT2D eigenvalue weighted by Crippen LogP contribution is 2.32. The molecule has 2 N–H and O–H groups in total. The fourth-order valence-corrected chi connectivity index (χ4v) is 4.06. The molecular formula is C16H24N2O5. The Morgan fingerprint density at radius 1 is 1.35 bits per heavy atom. The number of likely N-dealkylation sites (tertiary alicyclic amines) is 1. The molecule has 7 nitrogen and oxygen atoms in total. The Kier molecular flexibility index (Phi) is 4.84. The molecule has 0 bridgehead atoms. The summed E-state index contributed by atoms with van der Waals surface area (Å²) < 4.78 is 5.58. The van der Waals surface area contributed by atoms with Crippen molar-refractivity contribution in [1.29, 1.82) is 0 Å². The Bertz CT molecular complexity index is 493. The van der Waals surface area contributed by atoms with E-state index in [1.807, 2.05) is 0 Å². The minimum Gasteiger partial charge on any atom is -0.481 e. The predicted molar refractivity (Wildman–Crippen MR) is 80.6 cm³/mol. The van der Waals surface area contributed by atoms with Gasteiger partial charge in [0, 0.05) is 19.5 Å². The number of amides is 2. The zero-order valence-corrected chi connectivity index (χ0v) is 13.2. The summed E-state index contributed by atoms with van der Waals surface area (Å²) in [5.41, 5.74) is 0. The van der Waals surface area contributed by atoms with Crippen LogP contribution in [0, 0.1) is 11.8 Å². The summed E-state index contributed by atoms with van der Waals surface area (Å²) in [6.07, 6.45) is 3.76. The maximum atomic E-state index is 12.8. The third-order valence-electron chi connectivity index (χ3n) is 5.23. The molecule has 3 fully saturated rings. The molecule has 0 aromatic carbocycles. The lowest BCUT2D eigenvalue weighted by Gasteiger charge is -2.43. The number of fused-ring (bicyclic) bond motifs is 1. The Morgan fingerprint density at radius 3 is 2.96 bits per heavy atom. The molecule has 2 amide bonds. The maximum absolute atomic E-state index is 12.8. The van der Waals surface area contributed by atoms with Crippen molar-refractivity contribution in [3.8, 4) is 0 Å². The van der Waals surface area contributed by atoms with Crippen LogP contribution in [0.3, 0.4) is 0 Å². The predicted octanol–water partition coefficient (Wildman–Crippen LogP) is 0.383. The number of hydrogen-bond acceptors (Lipinski definition) is 4. The molecule has 0 aliphatic carbocycles. The molecule has 23 heavy (non-hydrogen) atoms. The topological polar surface area (TPSA) is 95.9 Å². The van der Waals surface area contributed by atoms with Crippen LogP contribution in [0.15, 0.2) is 0 Å². The van der Waals surface area contributed by atoms with Crippen molar-refractivity contribution in [3.63, 3.8) is 0 Å². The summed E-state index contributed by atoms with van der Waals surface area (Å²) in [6.45, 7) is 1.66. The van der Waals surface area contributed by atoms with E-state index < -0.39 is 5.97 Å². The van der Waals surface area contributed by atoms with E-state index in [-0.39, 0.29) is 42.2 Å². The minimum atomic E-state index is -0.846. The SMILES string of the molecule is O=C(O)CCC1CC(C(=O)N2CCCC3CCNC(=O)C32)CO1. The second kappa shape index (κ2) is 6.86. The van der Waals surface area contributed by atoms with Crippen LogP contribution in [0.2, 0.25) is 0 Å². The second-order valence-electron chi connectivity index (χ2n) is 6.78. The van der Waals surface area contributed by atoms with Gasteiger partial charge in [0.1, 0.15) is 6.04 Å². The van der Waals surface area contributed by atoms with Gasteiger partial charge < -0.3 is 20.1 Å². The van der Waals surface area contributed by atoms with Crippen LogP contribution in [0.25, 0.3) is 0 Å². The molecular weight excluding hydrogens is 300 g/mol. The van der Waals surface area contributed by atoms with Crippen molar-refractivity contribution in [2.45, 2.75) is 50.7 Å². The smallest absolute Gasteiger partial charge is 0.303 e. The number of carboxylic acid groups (broad SMARTS) is 1. The van der Waals surface area contributed by atoms with E-state index in [4.69, 9.17) is 9.84 Å². The first-order chi connectivity index (χ1) is 11.1. The molecule has 3 rings (SSSR count). The van der Waals surface area contributed by atoms with Gasteiger partial charge in [0.05, 0.1) is 18.6 Å². The van der Waals surface area contributed by atoms with Crippen LogP contribution in [0.4, 0.5) is 0 Å². The number of piperidine rings is 2. The van der Waals surface area contributed by atoms with E-state index in [1.54, 1.807) is 4.90 Å². The molecule has 0 aromatic rings. The lowest BCUT2D eigenvalue weighted by molar-refractivity contribution is -0.149. The number of aliphatic carboxylic acids is 1. The number of carbonyl (C=O) groups is 3. The molecule has 0 spiro atoms. The molecule has 0 saturated carbocycles. The Hall–Kier alpha value is -1.63. The maximum Gasteiger partial charge on any atom is 0.303 e. The monoisotopic (exact) mass is 324 g/mol. The van der Waals surface area contributed by atoms with Crippen molar-refractivity contribution in [1.82, 2.24) is 10.2 Å². The summed E-state index contributed by atoms with van der Waals surface area (Å²) in [4.78, 5) is 37.4. The summed E-state index contributed by atoms with van der Waals surface area (Å²) in [5, 5.41) is 11.6. The number of nitrogens with zero attached hydrogens (tertiary/aromatic N) is 1. The first kappa shape index (κ1) is 16.2. The van der Waals surface area contributed by atoms with Crippen molar-refractivity contribution < 1.29 is 24.2 Å². The summed E-state index contributed by atoms with van der Waals surface area (Å²) >= 11 is 0. The zero-order valence-electron chi connectivity index (χ0n) is 13.2. The van der Waals surface area contributed by atoms with Gasteiger partial charge in [-0.2, -0.15) is 0 Å². The van der Waals surface area contributed by atoms with Gasteiger partial charge in [-0.05, 0) is 38.0 Å². The number of hydrogen-bond donors (Lipinski definition) is 2. The van der Waals surface area contributed by atoms with Crippen LogP contribution in [-0.2, 0) is 19.1 Å². The van der Waals surface area contributed by atoms with Crippen LogP contribution in [0.5, 0.6) is 0 Å². The van der Waals surface area contributed by atoms with Crippen molar-refractivity contribution >= 4 is 17.8 Å². The van der Waals surface area contributed by atoms with E-state index in [0.29, 0.717) is 32.5 Å².